The van der Waals surface area contributed by atoms with Gasteiger partial charge in [-0.05, 0) is 179 Å². The van der Waals surface area contributed by atoms with Crippen LogP contribution in [0.5, 0.6) is 0 Å². The normalized spacial score (nSPS) is 13.3. The molecule has 4 nitrogen and oxygen atoms in total. The highest BCUT2D eigenvalue weighted by atomic mass is 16.3. The summed E-state index contributed by atoms with van der Waals surface area (Å²) >= 11 is 0. The number of hydrogen-bond donors (Lipinski definition) is 0. The Kier molecular flexibility index (Phi) is 9.70. The first-order chi connectivity index (χ1) is 39.8. The highest BCUT2D eigenvalue weighted by molar-refractivity contribution is 6.21. The Bertz CT molecular complexity index is 4740. The molecule has 0 amide bonds. The van der Waals surface area contributed by atoms with Gasteiger partial charge in [-0.1, -0.05) is 191 Å². The maximum absolute atomic E-state index is 6.92. The molecule has 0 bridgehead atoms. The molecule has 0 aliphatic heterocycles. The number of furan rings is 2. The lowest BCUT2D eigenvalue weighted by atomic mass is 9.70. The van der Waals surface area contributed by atoms with E-state index in [0.717, 1.165) is 78.0 Å². The lowest BCUT2D eigenvalue weighted by molar-refractivity contribution is 0.668. The molecule has 12 aromatic carbocycles. The Labute approximate surface area is 470 Å². The Balaban J connectivity index is 0.971. The van der Waals surface area contributed by atoms with Gasteiger partial charge >= 0.3 is 0 Å². The van der Waals surface area contributed by atoms with Crippen molar-refractivity contribution in [3.05, 3.63) is 276 Å². The molecule has 3 aliphatic carbocycles. The molecule has 0 unspecified atom stereocenters. The van der Waals surface area contributed by atoms with E-state index in [0.29, 0.717) is 11.8 Å². The number of hydrogen-bond acceptors (Lipinski definition) is 4. The van der Waals surface area contributed by atoms with Gasteiger partial charge in [0.25, 0.3) is 0 Å². The van der Waals surface area contributed by atoms with E-state index in [1.165, 1.54) is 88.7 Å². The van der Waals surface area contributed by atoms with Crippen LogP contribution in [0.15, 0.2) is 251 Å². The largest absolute Gasteiger partial charge is 0.454 e. The number of nitrogens with zero attached hydrogens (tertiary/aromatic N) is 2. The molecule has 17 rings (SSSR count). The summed E-state index contributed by atoms with van der Waals surface area (Å²) in [5, 5.41) is 7.01. The summed E-state index contributed by atoms with van der Waals surface area (Å²) < 4.78 is 13.8. The molecule has 2 heterocycles. The lowest BCUT2D eigenvalue weighted by Gasteiger charge is -2.33. The summed E-state index contributed by atoms with van der Waals surface area (Å²) in [7, 11) is 0. The van der Waals surface area contributed by atoms with E-state index in [1.807, 2.05) is 0 Å². The Hall–Kier alpha value is -9.90. The van der Waals surface area contributed by atoms with Gasteiger partial charge in [0, 0.05) is 44.3 Å². The van der Waals surface area contributed by atoms with Crippen molar-refractivity contribution < 1.29 is 8.83 Å². The molecule has 0 saturated carbocycles. The van der Waals surface area contributed by atoms with E-state index in [9.17, 15) is 0 Å². The average Bonchev–Trinajstić information content (AvgIpc) is 1.74. The van der Waals surface area contributed by atoms with Gasteiger partial charge < -0.3 is 18.6 Å². The molecule has 14 aromatic rings. The minimum absolute atomic E-state index is 0.388. The molecule has 81 heavy (non-hydrogen) atoms. The molecular weight excluding hydrogens is 985 g/mol. The van der Waals surface area contributed by atoms with Gasteiger partial charge in [0.2, 0.25) is 0 Å². The minimum Gasteiger partial charge on any atom is -0.454 e. The summed E-state index contributed by atoms with van der Waals surface area (Å²) in [4.78, 5) is 4.86. The monoisotopic (exact) mass is 1040 g/mol. The van der Waals surface area contributed by atoms with E-state index < -0.39 is 5.41 Å². The molecule has 0 N–H and O–H groups in total. The van der Waals surface area contributed by atoms with Crippen LogP contribution < -0.4 is 9.80 Å². The maximum Gasteiger partial charge on any atom is 0.159 e. The zero-order valence-corrected chi connectivity index (χ0v) is 45.5. The van der Waals surface area contributed by atoms with E-state index >= 15 is 0 Å². The second-order valence-corrected chi connectivity index (χ2v) is 23.0. The van der Waals surface area contributed by atoms with Crippen molar-refractivity contribution in [3.63, 3.8) is 0 Å². The lowest BCUT2D eigenvalue weighted by Crippen LogP contribution is -2.26. The molecule has 1 spiro atoms. The fourth-order valence-electron chi connectivity index (χ4n) is 14.5. The van der Waals surface area contributed by atoms with Gasteiger partial charge in [-0.3, -0.25) is 0 Å². The maximum atomic E-state index is 6.92. The first-order valence-electron chi connectivity index (χ1n) is 28.5. The molecule has 0 atom stereocenters. The van der Waals surface area contributed by atoms with E-state index in [2.05, 4.69) is 280 Å². The van der Waals surface area contributed by atoms with Crippen LogP contribution in [0.4, 0.5) is 34.1 Å². The summed E-state index contributed by atoms with van der Waals surface area (Å²) in [6.07, 6.45) is 0. The van der Waals surface area contributed by atoms with Gasteiger partial charge in [-0.25, -0.2) is 0 Å². The van der Waals surface area contributed by atoms with Gasteiger partial charge in [-0.2, -0.15) is 0 Å². The van der Waals surface area contributed by atoms with Crippen molar-refractivity contribution >= 4 is 88.8 Å². The van der Waals surface area contributed by atoms with Crippen LogP contribution in [-0.2, 0) is 5.41 Å². The summed E-state index contributed by atoms with van der Waals surface area (Å²) in [6.45, 7) is 9.05. The fraction of sp³-hybridized carbons (Fsp3) is 0.0909. The van der Waals surface area contributed by atoms with Crippen molar-refractivity contribution in [2.75, 3.05) is 9.80 Å². The first kappa shape index (κ1) is 46.1. The van der Waals surface area contributed by atoms with E-state index in [-0.39, 0.29) is 0 Å². The minimum atomic E-state index is -0.752. The molecular formula is C77H54N2O2. The van der Waals surface area contributed by atoms with Crippen LogP contribution in [0.2, 0.25) is 0 Å². The van der Waals surface area contributed by atoms with Crippen LogP contribution in [-0.4, -0.2) is 0 Å². The summed E-state index contributed by atoms with van der Waals surface area (Å²) in [5.41, 5.74) is 26.8. The molecule has 3 aliphatic rings. The van der Waals surface area contributed by atoms with Crippen molar-refractivity contribution in [1.82, 2.24) is 0 Å². The fourth-order valence-corrected chi connectivity index (χ4v) is 14.5. The van der Waals surface area contributed by atoms with Crippen molar-refractivity contribution in [2.45, 2.75) is 44.9 Å². The number of para-hydroxylation sites is 4. The van der Waals surface area contributed by atoms with Crippen molar-refractivity contribution in [3.8, 4) is 44.5 Å². The van der Waals surface area contributed by atoms with Crippen LogP contribution in [0.3, 0.4) is 0 Å². The summed E-state index contributed by atoms with van der Waals surface area (Å²) in [5.74, 6) is 0.776. The molecule has 2 aromatic heterocycles. The third-order valence-corrected chi connectivity index (χ3v) is 18.2. The zero-order chi connectivity index (χ0) is 53.8. The number of fused-ring (bicyclic) bond motifs is 20. The van der Waals surface area contributed by atoms with E-state index in [1.54, 1.807) is 0 Å². The average molecular weight is 1040 g/mol. The van der Waals surface area contributed by atoms with Gasteiger partial charge in [0.1, 0.15) is 11.2 Å². The van der Waals surface area contributed by atoms with Crippen LogP contribution in [0, 0.1) is 0 Å². The quantitative estimate of drug-likeness (QED) is 0.152. The predicted molar refractivity (Wildman–Crippen MR) is 337 cm³/mol. The van der Waals surface area contributed by atoms with Crippen molar-refractivity contribution in [1.29, 1.82) is 0 Å². The van der Waals surface area contributed by atoms with Gasteiger partial charge in [0.05, 0.1) is 16.8 Å². The number of anilines is 6. The predicted octanol–water partition coefficient (Wildman–Crippen LogP) is 21.8. The van der Waals surface area contributed by atoms with Crippen LogP contribution in [0.1, 0.15) is 72.9 Å². The first-order valence-corrected chi connectivity index (χ1v) is 28.5. The molecule has 0 saturated heterocycles. The van der Waals surface area contributed by atoms with Crippen LogP contribution in [0.25, 0.3) is 99.2 Å². The van der Waals surface area contributed by atoms with E-state index in [4.69, 9.17) is 8.83 Å². The second-order valence-electron chi connectivity index (χ2n) is 23.0. The standard InChI is InChI=1S/C77H54N2O2/c1-45(2)47-30-34-49(35-31-47)78(69-26-14-22-60-57-18-8-11-28-71(57)80-75(60)69)51-38-40-55-56-41-39-52(79(50-36-32-48(33-37-50)46(3)4)70-27-15-23-61-58-19-9-12-29-72(58)81-76(61)70)43-67(56)77(66(55)42-51)65-25-10-7-20-62(65)74-63-24-13-21-59-53-16-5-6-17-54(53)64(73(59)63)44-68(74)77/h5-46H,1-4H3. The number of rotatable bonds is 8. The molecule has 0 fully saturated rings. The molecule has 384 valence electrons. The Morgan fingerprint density at radius 3 is 1.28 bits per heavy atom. The Morgan fingerprint density at radius 2 is 0.741 bits per heavy atom. The highest BCUT2D eigenvalue weighted by Gasteiger charge is 2.53. The van der Waals surface area contributed by atoms with Gasteiger partial charge in [0.15, 0.2) is 11.2 Å². The third-order valence-electron chi connectivity index (χ3n) is 18.2. The third kappa shape index (κ3) is 6.36. The smallest absolute Gasteiger partial charge is 0.159 e. The van der Waals surface area contributed by atoms with Gasteiger partial charge in [-0.15, -0.1) is 0 Å². The number of benzene rings is 12. The van der Waals surface area contributed by atoms with Crippen molar-refractivity contribution in [2.24, 2.45) is 0 Å². The Morgan fingerprint density at radius 1 is 0.309 bits per heavy atom. The summed E-state index contributed by atoms with van der Waals surface area (Å²) in [6, 6.07) is 90.6. The molecule has 4 heteroatoms. The second kappa shape index (κ2) is 17.1. The highest BCUT2D eigenvalue weighted by Crippen LogP contribution is 2.67. The SMILES string of the molecule is CC(C)c1ccc(N(c2ccc3c(c2)C2(c4cc(N(c5ccc(C(C)C)cc5)c5cccc6c5oc5ccccc56)ccc4-3)c3ccccc3-c3c2cc2c4c(cccc34)-c3ccccc3-2)c2cccc3c2oc2ccccc23)cc1. The zero-order valence-electron chi connectivity index (χ0n) is 45.5. The topological polar surface area (TPSA) is 32.8 Å². The van der Waals surface area contributed by atoms with Crippen LogP contribution >= 0.6 is 0 Å². The molecule has 0 radical (unpaired) electrons.